The first-order valence-electron chi connectivity index (χ1n) is 9.58. The van der Waals surface area contributed by atoms with E-state index in [-0.39, 0.29) is 12.7 Å². The van der Waals surface area contributed by atoms with Crippen molar-refractivity contribution in [3.05, 3.63) is 53.6 Å². The molecule has 0 saturated heterocycles. The summed E-state index contributed by atoms with van der Waals surface area (Å²) in [6.45, 7) is 3.97. The molecule has 3 aromatic rings. The van der Waals surface area contributed by atoms with Gasteiger partial charge in [-0.2, -0.15) is 0 Å². The topological polar surface area (TPSA) is 94.4 Å². The van der Waals surface area contributed by atoms with Crippen LogP contribution in [-0.2, 0) is 12.8 Å². The van der Waals surface area contributed by atoms with E-state index in [4.69, 9.17) is 14.9 Å². The average Bonchev–Trinajstić information content (AvgIpc) is 3.18. The Kier molecular flexibility index (Phi) is 4.91. The molecule has 6 nitrogen and oxygen atoms in total. The van der Waals surface area contributed by atoms with Crippen LogP contribution in [0.25, 0.3) is 22.9 Å². The normalized spacial score (nSPS) is 18.9. The van der Waals surface area contributed by atoms with Crippen molar-refractivity contribution >= 4 is 0 Å². The minimum absolute atomic E-state index is 0.0160. The zero-order valence-electron chi connectivity index (χ0n) is 16.2. The molecule has 1 aliphatic carbocycles. The Labute approximate surface area is 164 Å². The van der Waals surface area contributed by atoms with Crippen molar-refractivity contribution in [2.75, 3.05) is 6.61 Å². The van der Waals surface area contributed by atoms with Gasteiger partial charge in [0.2, 0.25) is 11.8 Å². The van der Waals surface area contributed by atoms with Crippen LogP contribution in [0.2, 0.25) is 0 Å². The molecule has 0 aliphatic heterocycles. The second-order valence-electron chi connectivity index (χ2n) is 7.78. The number of aliphatic hydroxyl groups excluding tert-OH is 1. The van der Waals surface area contributed by atoms with Gasteiger partial charge in [0.15, 0.2) is 0 Å². The molecule has 0 amide bonds. The number of aromatic nitrogens is 2. The molecule has 1 aliphatic rings. The zero-order chi connectivity index (χ0) is 19.7. The predicted molar refractivity (Wildman–Crippen MR) is 107 cm³/mol. The van der Waals surface area contributed by atoms with Gasteiger partial charge < -0.3 is 20.0 Å². The third kappa shape index (κ3) is 3.79. The number of rotatable bonds is 5. The maximum absolute atomic E-state index is 9.58. The van der Waals surface area contributed by atoms with Crippen molar-refractivity contribution < 1.29 is 14.3 Å². The molecule has 2 aromatic carbocycles. The van der Waals surface area contributed by atoms with Crippen molar-refractivity contribution in [3.63, 3.8) is 0 Å². The molecule has 6 heteroatoms. The summed E-state index contributed by atoms with van der Waals surface area (Å²) in [5.41, 5.74) is 9.82. The lowest BCUT2D eigenvalue weighted by Crippen LogP contribution is -2.48. The minimum Gasteiger partial charge on any atom is -0.491 e. The lowest BCUT2D eigenvalue weighted by atomic mass is 9.78. The summed E-state index contributed by atoms with van der Waals surface area (Å²) in [6, 6.07) is 13.7. The van der Waals surface area contributed by atoms with Crippen molar-refractivity contribution in [3.8, 4) is 28.7 Å². The lowest BCUT2D eigenvalue weighted by molar-refractivity contribution is 0.181. The molecule has 1 heterocycles. The number of nitrogens with zero attached hydrogens (tertiary/aromatic N) is 2. The maximum atomic E-state index is 9.58. The SMILES string of the molecule is CC(C)Oc1ccc(-c2nnc(-c3ccc4c(c3)CC(N)(CO)CC4)o2)cc1. The standard InChI is InChI=1S/C22H25N3O3/c1-14(2)27-19-7-5-16(6-8-19)20-24-25-21(28-20)17-4-3-15-9-10-22(23,13-26)12-18(15)11-17/h3-8,11,14,26H,9-10,12-13,23H2,1-2H3. The number of aryl methyl sites for hydroxylation is 1. The van der Waals surface area contributed by atoms with Gasteiger partial charge in [0.05, 0.1) is 12.7 Å². The van der Waals surface area contributed by atoms with E-state index in [0.29, 0.717) is 18.2 Å². The largest absolute Gasteiger partial charge is 0.491 e. The molecule has 0 saturated carbocycles. The van der Waals surface area contributed by atoms with Gasteiger partial charge in [-0.3, -0.25) is 0 Å². The highest BCUT2D eigenvalue weighted by molar-refractivity contribution is 5.60. The lowest BCUT2D eigenvalue weighted by Gasteiger charge is -2.33. The molecular formula is C22H25N3O3. The van der Waals surface area contributed by atoms with E-state index < -0.39 is 5.54 Å². The monoisotopic (exact) mass is 379 g/mol. The molecule has 0 radical (unpaired) electrons. The van der Waals surface area contributed by atoms with Gasteiger partial charge in [-0.05, 0) is 80.6 Å². The van der Waals surface area contributed by atoms with Crippen molar-refractivity contribution in [1.29, 1.82) is 0 Å². The summed E-state index contributed by atoms with van der Waals surface area (Å²) >= 11 is 0. The second kappa shape index (κ2) is 7.37. The number of ether oxygens (including phenoxy) is 1. The molecular weight excluding hydrogens is 354 g/mol. The van der Waals surface area contributed by atoms with E-state index in [1.165, 1.54) is 5.56 Å². The van der Waals surface area contributed by atoms with E-state index in [9.17, 15) is 5.11 Å². The average molecular weight is 379 g/mol. The molecule has 0 fully saturated rings. The van der Waals surface area contributed by atoms with Gasteiger partial charge in [0.1, 0.15) is 5.75 Å². The molecule has 0 bridgehead atoms. The van der Waals surface area contributed by atoms with Gasteiger partial charge in [-0.1, -0.05) is 6.07 Å². The van der Waals surface area contributed by atoms with Crippen LogP contribution in [0, 0.1) is 0 Å². The summed E-state index contributed by atoms with van der Waals surface area (Å²) in [6.07, 6.45) is 2.43. The maximum Gasteiger partial charge on any atom is 0.248 e. The van der Waals surface area contributed by atoms with Crippen LogP contribution in [0.15, 0.2) is 46.9 Å². The van der Waals surface area contributed by atoms with E-state index >= 15 is 0 Å². The third-order valence-corrected chi connectivity index (χ3v) is 5.10. The van der Waals surface area contributed by atoms with Gasteiger partial charge in [0.25, 0.3) is 0 Å². The van der Waals surface area contributed by atoms with E-state index in [0.717, 1.165) is 35.3 Å². The Balaban J connectivity index is 1.57. The molecule has 4 rings (SSSR count). The van der Waals surface area contributed by atoms with Crippen LogP contribution >= 0.6 is 0 Å². The van der Waals surface area contributed by atoms with Crippen molar-refractivity contribution in [1.82, 2.24) is 10.2 Å². The fourth-order valence-electron chi connectivity index (χ4n) is 3.56. The molecule has 1 unspecified atom stereocenters. The second-order valence-corrected chi connectivity index (χ2v) is 7.78. The first kappa shape index (κ1) is 18.7. The van der Waals surface area contributed by atoms with Crippen LogP contribution in [0.3, 0.4) is 0 Å². The Morgan fingerprint density at radius 2 is 1.75 bits per heavy atom. The highest BCUT2D eigenvalue weighted by atomic mass is 16.5. The molecule has 28 heavy (non-hydrogen) atoms. The molecule has 0 spiro atoms. The van der Waals surface area contributed by atoms with Gasteiger partial charge in [-0.25, -0.2) is 0 Å². The molecule has 1 aromatic heterocycles. The minimum atomic E-state index is -0.550. The smallest absolute Gasteiger partial charge is 0.248 e. The number of hydrogen-bond acceptors (Lipinski definition) is 6. The summed E-state index contributed by atoms with van der Waals surface area (Å²) in [7, 11) is 0. The van der Waals surface area contributed by atoms with E-state index in [2.05, 4.69) is 16.3 Å². The van der Waals surface area contributed by atoms with Crippen LogP contribution < -0.4 is 10.5 Å². The zero-order valence-corrected chi connectivity index (χ0v) is 16.2. The number of benzene rings is 2. The quantitative estimate of drug-likeness (QED) is 0.706. The first-order valence-corrected chi connectivity index (χ1v) is 9.58. The Morgan fingerprint density at radius 1 is 1.07 bits per heavy atom. The Bertz CT molecular complexity index is 965. The molecule has 1 atom stereocenters. The van der Waals surface area contributed by atoms with Crippen LogP contribution in [0.4, 0.5) is 0 Å². The summed E-state index contributed by atoms with van der Waals surface area (Å²) in [4.78, 5) is 0. The van der Waals surface area contributed by atoms with Crippen LogP contribution in [-0.4, -0.2) is 33.6 Å². The fraction of sp³-hybridized carbons (Fsp3) is 0.364. The highest BCUT2D eigenvalue weighted by Crippen LogP contribution is 2.31. The predicted octanol–water partition coefficient (Wildman–Crippen LogP) is 3.37. The third-order valence-electron chi connectivity index (χ3n) is 5.10. The summed E-state index contributed by atoms with van der Waals surface area (Å²) in [5, 5.41) is 18.0. The summed E-state index contributed by atoms with van der Waals surface area (Å²) in [5.74, 6) is 1.74. The number of hydrogen-bond donors (Lipinski definition) is 2. The highest BCUT2D eigenvalue weighted by Gasteiger charge is 2.30. The Morgan fingerprint density at radius 3 is 2.43 bits per heavy atom. The summed E-state index contributed by atoms with van der Waals surface area (Å²) < 4.78 is 11.6. The van der Waals surface area contributed by atoms with Crippen LogP contribution in [0.5, 0.6) is 5.75 Å². The fourth-order valence-corrected chi connectivity index (χ4v) is 3.56. The van der Waals surface area contributed by atoms with Crippen LogP contribution in [0.1, 0.15) is 31.4 Å². The number of fused-ring (bicyclic) bond motifs is 1. The van der Waals surface area contributed by atoms with E-state index in [1.807, 2.05) is 50.2 Å². The number of nitrogens with two attached hydrogens (primary N) is 1. The number of aliphatic hydroxyl groups is 1. The van der Waals surface area contributed by atoms with Gasteiger partial charge >= 0.3 is 0 Å². The first-order chi connectivity index (χ1) is 13.5. The Hall–Kier alpha value is -2.70. The van der Waals surface area contributed by atoms with Gasteiger partial charge in [0, 0.05) is 16.7 Å². The van der Waals surface area contributed by atoms with Crippen molar-refractivity contribution in [2.24, 2.45) is 5.73 Å². The molecule has 146 valence electrons. The molecule has 3 N–H and O–H groups in total. The van der Waals surface area contributed by atoms with Crippen molar-refractivity contribution in [2.45, 2.75) is 44.8 Å². The van der Waals surface area contributed by atoms with E-state index in [1.54, 1.807) is 0 Å². The van der Waals surface area contributed by atoms with Gasteiger partial charge in [-0.15, -0.1) is 10.2 Å².